The van der Waals surface area contributed by atoms with Crippen molar-refractivity contribution in [3.05, 3.63) is 52.8 Å². The molecule has 0 radical (unpaired) electrons. The molecule has 2 aliphatic rings. The first-order chi connectivity index (χ1) is 17.7. The van der Waals surface area contributed by atoms with Crippen LogP contribution in [0.1, 0.15) is 74.4 Å². The molecule has 0 unspecified atom stereocenters. The number of rotatable bonds is 6. The average Bonchev–Trinajstić information content (AvgIpc) is 3.42. The molecule has 6 nitrogen and oxygen atoms in total. The number of piperidine rings is 1. The number of aliphatic hydroxyl groups is 1. The number of aryl methyl sites for hydroxylation is 2. The van der Waals surface area contributed by atoms with Crippen molar-refractivity contribution in [1.82, 2.24) is 19.8 Å². The summed E-state index contributed by atoms with van der Waals surface area (Å²) >= 11 is 0. The lowest BCUT2D eigenvalue weighted by Gasteiger charge is -2.34. The zero-order chi connectivity index (χ0) is 26.3. The fourth-order valence-corrected chi connectivity index (χ4v) is 6.65. The van der Waals surface area contributed by atoms with Crippen LogP contribution in [0.2, 0.25) is 0 Å². The summed E-state index contributed by atoms with van der Waals surface area (Å²) in [5.74, 6) is 1.61. The number of hydrogen-bond acceptors (Lipinski definition) is 4. The molecule has 37 heavy (non-hydrogen) atoms. The minimum absolute atomic E-state index is 0.129. The van der Waals surface area contributed by atoms with Crippen LogP contribution < -0.4 is 0 Å². The predicted molar refractivity (Wildman–Crippen MR) is 150 cm³/mol. The summed E-state index contributed by atoms with van der Waals surface area (Å²) in [7, 11) is 0. The monoisotopic (exact) mass is 502 g/mol. The van der Waals surface area contributed by atoms with Crippen LogP contribution in [0, 0.1) is 19.8 Å². The number of carbonyl (C=O) groups is 1. The molecule has 2 saturated heterocycles. The van der Waals surface area contributed by atoms with Gasteiger partial charge in [0.05, 0.1) is 18.8 Å². The molecule has 1 aromatic carbocycles. The van der Waals surface area contributed by atoms with Gasteiger partial charge >= 0.3 is 0 Å². The molecule has 1 amide bonds. The van der Waals surface area contributed by atoms with Gasteiger partial charge in [-0.2, -0.15) is 0 Å². The summed E-state index contributed by atoms with van der Waals surface area (Å²) in [6.07, 6.45) is 2.97. The number of benzene rings is 1. The van der Waals surface area contributed by atoms with Gasteiger partial charge in [-0.1, -0.05) is 26.8 Å². The third-order valence-corrected chi connectivity index (χ3v) is 8.42. The van der Waals surface area contributed by atoms with Crippen molar-refractivity contribution < 1.29 is 9.90 Å². The summed E-state index contributed by atoms with van der Waals surface area (Å²) < 4.78 is 0. The summed E-state index contributed by atoms with van der Waals surface area (Å²) in [5.41, 5.74) is 8.41. The lowest BCUT2D eigenvalue weighted by Crippen LogP contribution is -2.45. The molecule has 0 spiro atoms. The Kier molecular flexibility index (Phi) is 7.42. The minimum Gasteiger partial charge on any atom is -0.395 e. The molecule has 2 aliphatic heterocycles. The van der Waals surface area contributed by atoms with Gasteiger partial charge in [-0.15, -0.1) is 0 Å². The number of aromatic amines is 1. The first-order valence-corrected chi connectivity index (χ1v) is 14.0. The Balaban J connectivity index is 1.32. The van der Waals surface area contributed by atoms with E-state index in [0.29, 0.717) is 24.3 Å². The van der Waals surface area contributed by atoms with Crippen molar-refractivity contribution in [1.29, 1.82) is 0 Å². The van der Waals surface area contributed by atoms with Crippen molar-refractivity contribution in [3.63, 3.8) is 0 Å². The van der Waals surface area contributed by atoms with Crippen molar-refractivity contribution in [2.45, 2.75) is 71.8 Å². The Morgan fingerprint density at radius 1 is 1.14 bits per heavy atom. The Morgan fingerprint density at radius 2 is 1.84 bits per heavy atom. The summed E-state index contributed by atoms with van der Waals surface area (Å²) in [6, 6.07) is 11.4. The number of nitrogens with one attached hydrogen (secondary N) is 1. The molecule has 0 aliphatic carbocycles. The van der Waals surface area contributed by atoms with Crippen molar-refractivity contribution >= 4 is 16.8 Å². The number of amides is 1. The zero-order valence-electron chi connectivity index (χ0n) is 23.1. The summed E-state index contributed by atoms with van der Waals surface area (Å²) in [6.45, 7) is 13.9. The van der Waals surface area contributed by atoms with Gasteiger partial charge in [-0.25, -0.2) is 0 Å². The van der Waals surface area contributed by atoms with Crippen molar-refractivity contribution in [3.8, 4) is 11.3 Å². The molecular formula is C31H42N4O2. The Morgan fingerprint density at radius 3 is 2.49 bits per heavy atom. The molecule has 0 bridgehead atoms. The van der Waals surface area contributed by atoms with Gasteiger partial charge in [0.25, 0.3) is 0 Å². The average molecular weight is 503 g/mol. The number of likely N-dealkylation sites (tertiary alicyclic amines) is 2. The highest BCUT2D eigenvalue weighted by Gasteiger charge is 2.32. The second-order valence-electron chi connectivity index (χ2n) is 11.8. The highest BCUT2D eigenvalue weighted by Crippen LogP contribution is 2.38. The van der Waals surface area contributed by atoms with E-state index in [4.69, 9.17) is 0 Å². The quantitative estimate of drug-likeness (QED) is 0.475. The number of nitrogens with zero attached hydrogens (tertiary/aromatic N) is 3. The first kappa shape index (κ1) is 25.9. The Bertz CT molecular complexity index is 1250. The molecule has 2 fully saturated rings. The van der Waals surface area contributed by atoms with E-state index in [9.17, 15) is 9.90 Å². The Hall–Kier alpha value is -2.70. The lowest BCUT2D eigenvalue weighted by atomic mass is 9.87. The van der Waals surface area contributed by atoms with Crippen LogP contribution >= 0.6 is 0 Å². The number of H-pyrrole nitrogens is 1. The van der Waals surface area contributed by atoms with E-state index in [1.807, 2.05) is 4.90 Å². The van der Waals surface area contributed by atoms with Gasteiger partial charge in [0.1, 0.15) is 0 Å². The van der Waals surface area contributed by atoms with E-state index in [-0.39, 0.29) is 18.6 Å². The SMILES string of the molecule is Cc1cc(-c2[nH]c3ccc(C4CCN(C(=O)CN5C[C@H](C)C[C@@H]5CO)CC4)cc3c2C(C)C)cc(C)n1. The second-order valence-corrected chi connectivity index (χ2v) is 11.8. The molecule has 2 N–H and O–H groups in total. The number of hydrogen-bond donors (Lipinski definition) is 2. The molecule has 0 saturated carbocycles. The van der Waals surface area contributed by atoms with E-state index in [1.165, 1.54) is 33.3 Å². The highest BCUT2D eigenvalue weighted by molar-refractivity contribution is 5.92. The van der Waals surface area contributed by atoms with Gasteiger partial charge in [-0.3, -0.25) is 14.7 Å². The van der Waals surface area contributed by atoms with Crippen LogP contribution in [0.4, 0.5) is 0 Å². The lowest BCUT2D eigenvalue weighted by molar-refractivity contribution is -0.133. The first-order valence-electron chi connectivity index (χ1n) is 14.0. The van der Waals surface area contributed by atoms with Crippen LogP contribution in [0.3, 0.4) is 0 Å². The van der Waals surface area contributed by atoms with Gasteiger partial charge in [0.15, 0.2) is 0 Å². The van der Waals surface area contributed by atoms with E-state index in [0.717, 1.165) is 50.3 Å². The number of pyridine rings is 1. The van der Waals surface area contributed by atoms with Crippen LogP contribution in [0.25, 0.3) is 22.2 Å². The predicted octanol–water partition coefficient (Wildman–Crippen LogP) is 5.38. The second kappa shape index (κ2) is 10.6. The summed E-state index contributed by atoms with van der Waals surface area (Å²) in [4.78, 5) is 25.5. The zero-order valence-corrected chi connectivity index (χ0v) is 23.1. The van der Waals surface area contributed by atoms with Crippen LogP contribution in [0.15, 0.2) is 30.3 Å². The fourth-order valence-electron chi connectivity index (χ4n) is 6.65. The van der Waals surface area contributed by atoms with E-state index in [2.05, 4.69) is 79.8 Å². The van der Waals surface area contributed by atoms with Crippen LogP contribution in [0.5, 0.6) is 0 Å². The number of aliphatic hydroxyl groups excluding tert-OH is 1. The normalized spacial score (nSPS) is 21.4. The summed E-state index contributed by atoms with van der Waals surface area (Å²) in [5, 5.41) is 11.0. The third kappa shape index (κ3) is 5.32. The molecule has 198 valence electrons. The van der Waals surface area contributed by atoms with E-state index >= 15 is 0 Å². The molecule has 4 heterocycles. The molecule has 3 aromatic rings. The standard InChI is InChI=1S/C31H42N4O2/c1-19(2)30-27-15-24(6-7-28(27)33-31(30)25-13-21(4)32-22(5)14-25)23-8-10-34(11-9-23)29(37)17-35-16-20(3)12-26(35)18-36/h6-7,13-15,19-20,23,26,33,36H,8-12,16-18H2,1-5H3/t20-,26-/m1/s1. The van der Waals surface area contributed by atoms with Gasteiger partial charge in [0, 0.05) is 53.5 Å². The smallest absolute Gasteiger partial charge is 0.236 e. The molecule has 5 rings (SSSR count). The van der Waals surface area contributed by atoms with Crippen LogP contribution in [-0.2, 0) is 4.79 Å². The number of aromatic nitrogens is 2. The van der Waals surface area contributed by atoms with Crippen LogP contribution in [-0.4, -0.2) is 69.6 Å². The number of carbonyl (C=O) groups excluding carboxylic acids is 1. The molecular weight excluding hydrogens is 460 g/mol. The largest absolute Gasteiger partial charge is 0.395 e. The maximum atomic E-state index is 13.0. The topological polar surface area (TPSA) is 72.5 Å². The maximum absolute atomic E-state index is 13.0. The van der Waals surface area contributed by atoms with Crippen molar-refractivity contribution in [2.75, 3.05) is 32.8 Å². The van der Waals surface area contributed by atoms with Gasteiger partial charge in [-0.05, 0) is 86.3 Å². The minimum atomic E-state index is 0.129. The number of fused-ring (bicyclic) bond motifs is 1. The maximum Gasteiger partial charge on any atom is 0.236 e. The Labute approximate surface area is 221 Å². The highest BCUT2D eigenvalue weighted by atomic mass is 16.3. The molecule has 6 heteroatoms. The third-order valence-electron chi connectivity index (χ3n) is 8.42. The molecule has 2 atom stereocenters. The molecule has 2 aromatic heterocycles. The van der Waals surface area contributed by atoms with E-state index in [1.54, 1.807) is 0 Å². The van der Waals surface area contributed by atoms with E-state index < -0.39 is 0 Å². The van der Waals surface area contributed by atoms with Gasteiger partial charge in [0.2, 0.25) is 5.91 Å². The van der Waals surface area contributed by atoms with Crippen molar-refractivity contribution in [2.24, 2.45) is 5.92 Å². The fraction of sp³-hybridized carbons (Fsp3) is 0.548. The van der Waals surface area contributed by atoms with Gasteiger partial charge < -0.3 is 15.0 Å².